The fourth-order valence-electron chi connectivity index (χ4n) is 1.02. The van der Waals surface area contributed by atoms with Gasteiger partial charge in [0, 0.05) is 25.5 Å². The van der Waals surface area contributed by atoms with Crippen molar-refractivity contribution in [1.29, 1.82) is 0 Å². The van der Waals surface area contributed by atoms with E-state index >= 15 is 0 Å². The van der Waals surface area contributed by atoms with Crippen LogP contribution in [-0.4, -0.2) is 41.4 Å². The first-order valence-corrected chi connectivity index (χ1v) is 4.05. The molecule has 1 fully saturated rings. The van der Waals surface area contributed by atoms with E-state index in [-0.39, 0.29) is 0 Å². The maximum absolute atomic E-state index is 10.0. The van der Waals surface area contributed by atoms with E-state index < -0.39 is 5.03 Å². The molecule has 1 heterocycles. The van der Waals surface area contributed by atoms with Crippen molar-refractivity contribution in [1.82, 2.24) is 10.2 Å². The van der Waals surface area contributed by atoms with E-state index in [9.17, 15) is 10.1 Å². The van der Waals surface area contributed by atoms with Crippen LogP contribution >= 0.6 is 11.6 Å². The number of halogens is 1. The average molecular weight is 193 g/mol. The number of nitro groups is 1. The molecule has 0 unspecified atom stereocenters. The Hall–Kier alpha value is -1.04. The molecular weight excluding hydrogens is 184 g/mol. The van der Waals surface area contributed by atoms with Crippen LogP contribution in [-0.2, 0) is 0 Å². The zero-order valence-electron chi connectivity index (χ0n) is 6.36. The van der Waals surface area contributed by atoms with Gasteiger partial charge in [-0.3, -0.25) is 0 Å². The summed E-state index contributed by atoms with van der Waals surface area (Å²) in [6.07, 6.45) is 0. The second kappa shape index (κ2) is 4.10. The van der Waals surface area contributed by atoms with Crippen LogP contribution in [0.25, 0.3) is 0 Å². The third kappa shape index (κ3) is 2.23. The molecular formula is C5H9ClN4O2. The summed E-state index contributed by atoms with van der Waals surface area (Å²) in [5.41, 5.74) is 0. The highest BCUT2D eigenvalue weighted by Gasteiger charge is 2.20. The predicted octanol–water partition coefficient (Wildman–Crippen LogP) is -0.322. The molecule has 0 aromatic heterocycles. The Kier molecular flexibility index (Phi) is 3.09. The first-order chi connectivity index (χ1) is 5.74. The van der Waals surface area contributed by atoms with Crippen molar-refractivity contribution in [2.45, 2.75) is 0 Å². The molecule has 0 spiro atoms. The normalized spacial score (nSPS) is 19.8. The van der Waals surface area contributed by atoms with Crippen LogP contribution in [0.1, 0.15) is 0 Å². The fraction of sp³-hybridized carbons (Fsp3) is 0.800. The number of hydrogen-bond acceptors (Lipinski definition) is 2. The summed E-state index contributed by atoms with van der Waals surface area (Å²) >= 11 is 5.49. The quantitative estimate of drug-likeness (QED) is 0.378. The van der Waals surface area contributed by atoms with Gasteiger partial charge in [-0.15, -0.1) is 11.6 Å². The molecule has 0 radical (unpaired) electrons. The van der Waals surface area contributed by atoms with Gasteiger partial charge in [0.2, 0.25) is 0 Å². The van der Waals surface area contributed by atoms with Crippen LogP contribution in [0, 0.1) is 10.1 Å². The molecule has 0 aromatic rings. The van der Waals surface area contributed by atoms with Gasteiger partial charge in [-0.05, 0) is 0 Å². The van der Waals surface area contributed by atoms with Crippen molar-refractivity contribution >= 4 is 17.6 Å². The lowest BCUT2D eigenvalue weighted by Crippen LogP contribution is -2.32. The Labute approximate surface area is 74.3 Å². The topological polar surface area (TPSA) is 70.8 Å². The number of nitrogens with one attached hydrogen (secondary N) is 1. The zero-order chi connectivity index (χ0) is 8.97. The number of alkyl halides is 1. The predicted molar refractivity (Wildman–Crippen MR) is 44.7 cm³/mol. The van der Waals surface area contributed by atoms with Gasteiger partial charge < -0.3 is 10.2 Å². The fourth-order valence-corrected chi connectivity index (χ4v) is 1.22. The van der Waals surface area contributed by atoms with Crippen molar-refractivity contribution in [3.05, 3.63) is 10.1 Å². The van der Waals surface area contributed by atoms with Gasteiger partial charge in [0.1, 0.15) is 5.10 Å². The summed E-state index contributed by atoms with van der Waals surface area (Å²) in [6.45, 7) is 1.99. The maximum atomic E-state index is 10.0. The smallest absolute Gasteiger partial charge is 0.271 e. The number of hydrogen-bond donors (Lipinski definition) is 1. The highest BCUT2D eigenvalue weighted by Crippen LogP contribution is 1.97. The van der Waals surface area contributed by atoms with Crippen molar-refractivity contribution in [2.75, 3.05) is 25.5 Å². The molecule has 1 N–H and O–H groups in total. The molecule has 0 aromatic carbocycles. The molecule has 1 aliphatic rings. The number of nitrogens with zero attached hydrogens (tertiary/aromatic N) is 3. The van der Waals surface area contributed by atoms with Crippen molar-refractivity contribution in [3.8, 4) is 0 Å². The summed E-state index contributed by atoms with van der Waals surface area (Å²) in [5, 5.41) is 15.3. The van der Waals surface area contributed by atoms with E-state index in [0.717, 1.165) is 6.54 Å². The highest BCUT2D eigenvalue weighted by molar-refractivity contribution is 6.18. The molecule has 68 valence electrons. The van der Waals surface area contributed by atoms with Crippen LogP contribution in [0.2, 0.25) is 0 Å². The van der Waals surface area contributed by atoms with Crippen LogP contribution in [0.15, 0.2) is 5.10 Å². The third-order valence-corrected chi connectivity index (χ3v) is 1.66. The van der Waals surface area contributed by atoms with Crippen LogP contribution in [0.5, 0.6) is 0 Å². The van der Waals surface area contributed by atoms with Crippen LogP contribution in [0.3, 0.4) is 0 Å². The summed E-state index contributed by atoms with van der Waals surface area (Å²) < 4.78 is 0. The van der Waals surface area contributed by atoms with Gasteiger partial charge >= 0.3 is 0 Å². The van der Waals surface area contributed by atoms with E-state index in [1.807, 2.05) is 0 Å². The van der Waals surface area contributed by atoms with Gasteiger partial charge in [0.25, 0.3) is 5.96 Å². The molecule has 0 amide bonds. The molecule has 0 aliphatic carbocycles. The maximum Gasteiger partial charge on any atom is 0.271 e. The van der Waals surface area contributed by atoms with E-state index in [1.165, 1.54) is 0 Å². The molecule has 7 heteroatoms. The largest absolute Gasteiger partial charge is 0.349 e. The summed E-state index contributed by atoms with van der Waals surface area (Å²) in [4.78, 5) is 11.8. The molecule has 1 aliphatic heterocycles. The first-order valence-electron chi connectivity index (χ1n) is 3.52. The van der Waals surface area contributed by atoms with E-state index in [4.69, 9.17) is 11.6 Å². The van der Waals surface area contributed by atoms with Crippen LogP contribution in [0.4, 0.5) is 0 Å². The Morgan fingerprint density at radius 2 is 2.58 bits per heavy atom. The Morgan fingerprint density at radius 1 is 1.83 bits per heavy atom. The molecule has 1 rings (SSSR count). The van der Waals surface area contributed by atoms with Gasteiger partial charge in [-0.1, -0.05) is 0 Å². The van der Waals surface area contributed by atoms with E-state index in [0.29, 0.717) is 24.9 Å². The second-order valence-electron chi connectivity index (χ2n) is 2.26. The third-order valence-electron chi connectivity index (χ3n) is 1.50. The van der Waals surface area contributed by atoms with Gasteiger partial charge in [0.15, 0.2) is 5.03 Å². The minimum absolute atomic E-state index is 0.306. The molecule has 6 nitrogen and oxygen atoms in total. The van der Waals surface area contributed by atoms with Crippen molar-refractivity contribution in [2.24, 2.45) is 5.10 Å². The monoisotopic (exact) mass is 192 g/mol. The highest BCUT2D eigenvalue weighted by atomic mass is 35.5. The summed E-state index contributed by atoms with van der Waals surface area (Å²) in [7, 11) is 0. The lowest BCUT2D eigenvalue weighted by atomic mass is 10.6. The van der Waals surface area contributed by atoms with E-state index in [2.05, 4.69) is 10.4 Å². The molecule has 1 saturated heterocycles. The van der Waals surface area contributed by atoms with E-state index in [1.54, 1.807) is 4.90 Å². The standard InChI is InChI=1S/C5H9ClN4O2/c6-1-3-9-4-2-7-5(9)8-10(11)12/h1-4H2,(H,7,8). The Bertz CT molecular complexity index is 208. The van der Waals surface area contributed by atoms with Crippen molar-refractivity contribution in [3.63, 3.8) is 0 Å². The minimum Gasteiger partial charge on any atom is -0.349 e. The molecule has 0 bridgehead atoms. The SMILES string of the molecule is O=[N+]([O-])N=C1NCCN1CCCl. The molecule has 0 saturated carbocycles. The summed E-state index contributed by atoms with van der Waals surface area (Å²) in [6, 6.07) is 0. The average Bonchev–Trinajstić information content (AvgIpc) is 2.37. The number of guanidine groups is 1. The first kappa shape index (κ1) is 9.05. The minimum atomic E-state index is -0.713. The zero-order valence-corrected chi connectivity index (χ0v) is 7.12. The molecule has 12 heavy (non-hydrogen) atoms. The van der Waals surface area contributed by atoms with Gasteiger partial charge in [0.05, 0.1) is 0 Å². The Balaban J connectivity index is 2.57. The second-order valence-corrected chi connectivity index (χ2v) is 2.64. The van der Waals surface area contributed by atoms with Gasteiger partial charge in [-0.25, -0.2) is 10.1 Å². The molecule has 0 atom stereocenters. The number of rotatable bonds is 3. The summed E-state index contributed by atoms with van der Waals surface area (Å²) in [5.74, 6) is 0.749. The lowest BCUT2D eigenvalue weighted by Gasteiger charge is -2.12. The van der Waals surface area contributed by atoms with Crippen LogP contribution < -0.4 is 5.32 Å². The van der Waals surface area contributed by atoms with Crippen molar-refractivity contribution < 1.29 is 5.03 Å². The number of hydrazone groups is 1. The Morgan fingerprint density at radius 3 is 3.17 bits per heavy atom. The van der Waals surface area contributed by atoms with Gasteiger partial charge in [-0.2, -0.15) is 0 Å². The lowest BCUT2D eigenvalue weighted by molar-refractivity contribution is -0.485.